The molecule has 96 valence electrons. The number of hydrogen-bond acceptors (Lipinski definition) is 3. The summed E-state index contributed by atoms with van der Waals surface area (Å²) in [6.45, 7) is 1.96. The lowest BCUT2D eigenvalue weighted by atomic mass is 10.00. The topological polar surface area (TPSA) is 38.8 Å². The average Bonchev–Trinajstić information content (AvgIpc) is 2.74. The van der Waals surface area contributed by atoms with E-state index in [2.05, 4.69) is 6.07 Å². The van der Waals surface area contributed by atoms with Gasteiger partial charge in [-0.25, -0.2) is 0 Å². The Hall–Kier alpha value is -1.26. The molecule has 0 saturated heterocycles. The molecule has 2 aliphatic rings. The van der Waals surface area contributed by atoms with E-state index in [1.54, 1.807) is 0 Å². The Bertz CT molecular complexity index is 454. The van der Waals surface area contributed by atoms with Gasteiger partial charge in [-0.1, -0.05) is 0 Å². The van der Waals surface area contributed by atoms with Crippen molar-refractivity contribution in [2.75, 3.05) is 19.0 Å². The van der Waals surface area contributed by atoms with Crippen molar-refractivity contribution in [3.05, 3.63) is 28.8 Å². The van der Waals surface area contributed by atoms with Gasteiger partial charge in [0.2, 0.25) is 5.91 Å². The number of amides is 1. The third-order valence-electron chi connectivity index (χ3n) is 3.52. The molecule has 1 amide bonds. The Balaban J connectivity index is 1.84. The van der Waals surface area contributed by atoms with Crippen LogP contribution in [0.25, 0.3) is 0 Å². The number of carbonyl (C=O) groups excluding carboxylic acids is 1. The van der Waals surface area contributed by atoms with E-state index in [0.29, 0.717) is 6.61 Å². The van der Waals surface area contributed by atoms with E-state index in [4.69, 9.17) is 21.4 Å². The molecule has 0 N–H and O–H groups in total. The molecule has 0 unspecified atom stereocenters. The number of hydrogen-bond donors (Lipinski definition) is 0. The number of fused-ring (bicyclic) bond motifs is 2. The van der Waals surface area contributed by atoms with E-state index in [9.17, 15) is 4.79 Å². The summed E-state index contributed by atoms with van der Waals surface area (Å²) >= 11 is 5.60. The molecule has 0 aromatic heterocycles. The van der Waals surface area contributed by atoms with Crippen molar-refractivity contribution in [2.24, 2.45) is 0 Å². The number of carbonyl (C=O) groups is 1. The van der Waals surface area contributed by atoms with E-state index in [1.165, 1.54) is 11.1 Å². The second kappa shape index (κ2) is 4.78. The maximum atomic E-state index is 11.6. The third kappa shape index (κ3) is 2.06. The van der Waals surface area contributed by atoms with Gasteiger partial charge in [-0.2, -0.15) is 4.89 Å². The molecule has 4 nitrogen and oxygen atoms in total. The minimum Gasteiger partial charge on any atom is -0.341 e. The molecule has 0 bridgehead atoms. The molecule has 0 aliphatic carbocycles. The quantitative estimate of drug-likeness (QED) is 0.574. The Morgan fingerprint density at radius 2 is 1.94 bits per heavy atom. The molecule has 0 fully saturated rings. The van der Waals surface area contributed by atoms with Gasteiger partial charge in [-0.05, 0) is 36.1 Å². The smallest absolute Gasteiger partial charge is 0.237 e. The zero-order valence-electron chi connectivity index (χ0n) is 9.95. The minimum absolute atomic E-state index is 0.0107. The molecule has 0 atom stereocenters. The largest absolute Gasteiger partial charge is 0.341 e. The molecular weight excluding hydrogens is 254 g/mol. The van der Waals surface area contributed by atoms with Crippen molar-refractivity contribution in [1.82, 2.24) is 4.90 Å². The number of alkyl halides is 1. The predicted molar refractivity (Wildman–Crippen MR) is 66.6 cm³/mol. The first-order valence-corrected chi connectivity index (χ1v) is 6.59. The van der Waals surface area contributed by atoms with Crippen LogP contribution in [0.4, 0.5) is 0 Å². The summed E-state index contributed by atoms with van der Waals surface area (Å²) in [6, 6.07) is 4.17. The Kier molecular flexibility index (Phi) is 3.14. The molecular formula is C13H14ClNO3. The van der Waals surface area contributed by atoms with Crippen molar-refractivity contribution in [3.8, 4) is 5.75 Å². The molecule has 0 radical (unpaired) electrons. The Labute approximate surface area is 110 Å². The summed E-state index contributed by atoms with van der Waals surface area (Å²) in [5, 5.41) is 0. The van der Waals surface area contributed by atoms with Gasteiger partial charge in [0.15, 0.2) is 5.75 Å². The highest BCUT2D eigenvalue weighted by Gasteiger charge is 2.22. The van der Waals surface area contributed by atoms with Crippen LogP contribution >= 0.6 is 11.6 Å². The maximum absolute atomic E-state index is 11.6. The highest BCUT2D eigenvalue weighted by molar-refractivity contribution is 6.27. The molecule has 0 saturated carbocycles. The van der Waals surface area contributed by atoms with Crippen LogP contribution in [0.5, 0.6) is 5.75 Å². The van der Waals surface area contributed by atoms with E-state index < -0.39 is 0 Å². The first-order chi connectivity index (χ1) is 8.78. The van der Waals surface area contributed by atoms with E-state index in [1.807, 2.05) is 11.0 Å². The summed E-state index contributed by atoms with van der Waals surface area (Å²) < 4.78 is 0. The van der Waals surface area contributed by atoms with Gasteiger partial charge in [0.05, 0.1) is 0 Å². The molecule has 1 aromatic rings. The predicted octanol–water partition coefficient (Wildman–Crippen LogP) is 1.68. The maximum Gasteiger partial charge on any atom is 0.237 e. The SMILES string of the molecule is O=C(CCl)N1CCc2cc3c(cc2CC1)OOC3. The Morgan fingerprint density at radius 3 is 2.67 bits per heavy atom. The lowest BCUT2D eigenvalue weighted by molar-refractivity contribution is -0.194. The van der Waals surface area contributed by atoms with E-state index in [0.717, 1.165) is 37.2 Å². The van der Waals surface area contributed by atoms with Gasteiger partial charge in [-0.3, -0.25) is 4.79 Å². The average molecular weight is 268 g/mol. The second-order valence-electron chi connectivity index (χ2n) is 4.59. The third-order valence-corrected chi connectivity index (χ3v) is 3.74. The summed E-state index contributed by atoms with van der Waals surface area (Å²) in [7, 11) is 0. The van der Waals surface area contributed by atoms with E-state index >= 15 is 0 Å². The van der Waals surface area contributed by atoms with Gasteiger partial charge in [0.1, 0.15) is 12.5 Å². The standard InChI is InChI=1S/C13H14ClNO3/c14-7-13(16)15-3-1-9-5-11-8-17-18-12(11)6-10(9)2-4-15/h5-6H,1-4,7-8H2. The molecule has 18 heavy (non-hydrogen) atoms. The summed E-state index contributed by atoms with van der Waals surface area (Å²) in [4.78, 5) is 23.5. The van der Waals surface area contributed by atoms with Crippen LogP contribution in [0, 0.1) is 0 Å². The number of rotatable bonds is 1. The van der Waals surface area contributed by atoms with Crippen LogP contribution in [-0.4, -0.2) is 29.8 Å². The zero-order valence-corrected chi connectivity index (χ0v) is 10.7. The van der Waals surface area contributed by atoms with Gasteiger partial charge in [0.25, 0.3) is 0 Å². The fourth-order valence-electron chi connectivity index (χ4n) is 2.49. The molecule has 2 aliphatic heterocycles. The summed E-state index contributed by atoms with van der Waals surface area (Å²) in [6.07, 6.45) is 1.71. The monoisotopic (exact) mass is 267 g/mol. The first kappa shape index (κ1) is 11.8. The van der Waals surface area contributed by atoms with Crippen molar-refractivity contribution in [3.63, 3.8) is 0 Å². The molecule has 1 aromatic carbocycles. The van der Waals surface area contributed by atoms with Crippen molar-refractivity contribution < 1.29 is 14.6 Å². The van der Waals surface area contributed by atoms with Crippen molar-refractivity contribution >= 4 is 17.5 Å². The number of nitrogens with zero attached hydrogens (tertiary/aromatic N) is 1. The fraction of sp³-hybridized carbons (Fsp3) is 0.462. The Morgan fingerprint density at radius 1 is 1.22 bits per heavy atom. The molecule has 2 heterocycles. The highest BCUT2D eigenvalue weighted by atomic mass is 35.5. The second-order valence-corrected chi connectivity index (χ2v) is 4.86. The fourth-order valence-corrected chi connectivity index (χ4v) is 2.66. The molecule has 0 spiro atoms. The summed E-state index contributed by atoms with van der Waals surface area (Å²) in [5.41, 5.74) is 3.61. The zero-order chi connectivity index (χ0) is 12.5. The molecule has 3 rings (SSSR count). The minimum atomic E-state index is 0.0107. The van der Waals surface area contributed by atoms with Crippen LogP contribution in [0.2, 0.25) is 0 Å². The molecule has 5 heteroatoms. The van der Waals surface area contributed by atoms with Gasteiger partial charge in [0, 0.05) is 18.7 Å². The number of benzene rings is 1. The lowest BCUT2D eigenvalue weighted by Crippen LogP contribution is -2.34. The first-order valence-electron chi connectivity index (χ1n) is 6.06. The van der Waals surface area contributed by atoms with Crippen LogP contribution in [0.15, 0.2) is 12.1 Å². The van der Waals surface area contributed by atoms with Gasteiger partial charge in [-0.15, -0.1) is 11.6 Å². The van der Waals surface area contributed by atoms with Crippen LogP contribution in [0.1, 0.15) is 16.7 Å². The van der Waals surface area contributed by atoms with Crippen LogP contribution in [0.3, 0.4) is 0 Å². The summed E-state index contributed by atoms with van der Waals surface area (Å²) in [5.74, 6) is 0.881. The van der Waals surface area contributed by atoms with Gasteiger partial charge >= 0.3 is 0 Å². The lowest BCUT2D eigenvalue weighted by Gasteiger charge is -2.18. The van der Waals surface area contributed by atoms with Gasteiger partial charge < -0.3 is 9.79 Å². The van der Waals surface area contributed by atoms with Crippen LogP contribution < -0.4 is 4.89 Å². The van der Waals surface area contributed by atoms with Crippen LogP contribution in [-0.2, 0) is 29.1 Å². The van der Waals surface area contributed by atoms with Crippen molar-refractivity contribution in [1.29, 1.82) is 0 Å². The number of halogens is 1. The van der Waals surface area contributed by atoms with Crippen molar-refractivity contribution in [2.45, 2.75) is 19.4 Å². The normalized spacial score (nSPS) is 17.7. The highest BCUT2D eigenvalue weighted by Crippen LogP contribution is 2.31. The van der Waals surface area contributed by atoms with E-state index in [-0.39, 0.29) is 11.8 Å².